The van der Waals surface area contributed by atoms with E-state index in [4.69, 9.17) is 5.11 Å². The molecule has 0 bridgehead atoms. The largest absolute Gasteiger partial charge is 0.481 e. The van der Waals surface area contributed by atoms with Crippen molar-refractivity contribution in [3.8, 4) is 0 Å². The molecular formula is C10H16F2N2O3. The quantitative estimate of drug-likeness (QED) is 0.729. The number of rotatable bonds is 5. The molecule has 0 aromatic carbocycles. The molecule has 0 atom stereocenters. The van der Waals surface area contributed by atoms with Crippen LogP contribution in [0.1, 0.15) is 12.8 Å². The number of carboxylic acid groups (broad SMARTS) is 1. The van der Waals surface area contributed by atoms with Crippen LogP contribution in [-0.4, -0.2) is 54.5 Å². The number of carbonyl (C=O) groups excluding carboxylic acids is 1. The molecule has 2 N–H and O–H groups in total. The molecule has 0 unspecified atom stereocenters. The summed E-state index contributed by atoms with van der Waals surface area (Å²) in [5.41, 5.74) is 0. The standard InChI is InChI=1S/C10H16F2N2O3/c11-8(12)5-13-6-9(15)14-3-1-7(2-4-14)10(16)17/h7-8,13H,1-6H2,(H,16,17). The minimum Gasteiger partial charge on any atom is -0.481 e. The zero-order chi connectivity index (χ0) is 12.8. The van der Waals surface area contributed by atoms with Crippen molar-refractivity contribution in [3.05, 3.63) is 0 Å². The number of carbonyl (C=O) groups is 2. The van der Waals surface area contributed by atoms with E-state index in [9.17, 15) is 18.4 Å². The van der Waals surface area contributed by atoms with Gasteiger partial charge in [-0.05, 0) is 12.8 Å². The van der Waals surface area contributed by atoms with Gasteiger partial charge in [0.25, 0.3) is 6.43 Å². The Morgan fingerprint density at radius 3 is 2.41 bits per heavy atom. The summed E-state index contributed by atoms with van der Waals surface area (Å²) < 4.78 is 23.6. The molecular weight excluding hydrogens is 234 g/mol. The maximum absolute atomic E-state index is 11.8. The van der Waals surface area contributed by atoms with Crippen LogP contribution in [0, 0.1) is 5.92 Å². The molecule has 0 radical (unpaired) electrons. The Labute approximate surface area is 97.8 Å². The number of nitrogens with zero attached hydrogens (tertiary/aromatic N) is 1. The summed E-state index contributed by atoms with van der Waals surface area (Å²) in [4.78, 5) is 23.7. The normalized spacial score (nSPS) is 17.5. The number of aliphatic carboxylic acids is 1. The molecule has 1 heterocycles. The van der Waals surface area contributed by atoms with Crippen molar-refractivity contribution in [1.29, 1.82) is 0 Å². The lowest BCUT2D eigenvalue weighted by atomic mass is 9.97. The van der Waals surface area contributed by atoms with Gasteiger partial charge in [0.1, 0.15) is 0 Å². The third kappa shape index (κ3) is 4.64. The molecule has 98 valence electrons. The van der Waals surface area contributed by atoms with E-state index in [0.717, 1.165) is 0 Å². The maximum Gasteiger partial charge on any atom is 0.306 e. The van der Waals surface area contributed by atoms with Crippen LogP contribution in [0.15, 0.2) is 0 Å². The summed E-state index contributed by atoms with van der Waals surface area (Å²) >= 11 is 0. The monoisotopic (exact) mass is 250 g/mol. The van der Waals surface area contributed by atoms with E-state index in [1.807, 2.05) is 0 Å². The fourth-order valence-corrected chi connectivity index (χ4v) is 1.78. The smallest absolute Gasteiger partial charge is 0.306 e. The number of hydrogen-bond donors (Lipinski definition) is 2. The third-order valence-corrected chi connectivity index (χ3v) is 2.77. The van der Waals surface area contributed by atoms with Gasteiger partial charge < -0.3 is 15.3 Å². The number of amides is 1. The number of hydrogen-bond acceptors (Lipinski definition) is 3. The third-order valence-electron chi connectivity index (χ3n) is 2.77. The van der Waals surface area contributed by atoms with E-state index in [1.165, 1.54) is 4.90 Å². The van der Waals surface area contributed by atoms with E-state index in [-0.39, 0.29) is 12.5 Å². The van der Waals surface area contributed by atoms with Crippen LogP contribution < -0.4 is 5.32 Å². The number of likely N-dealkylation sites (tertiary alicyclic amines) is 1. The SMILES string of the molecule is O=C(O)C1CCN(C(=O)CNCC(F)F)CC1. The number of nitrogens with one attached hydrogen (secondary N) is 1. The molecule has 0 aromatic rings. The van der Waals surface area contributed by atoms with Gasteiger partial charge in [-0.25, -0.2) is 8.78 Å². The van der Waals surface area contributed by atoms with Crippen LogP contribution in [0.2, 0.25) is 0 Å². The molecule has 1 rings (SSSR count). The van der Waals surface area contributed by atoms with Crippen molar-refractivity contribution < 1.29 is 23.5 Å². The van der Waals surface area contributed by atoms with Gasteiger partial charge in [0.2, 0.25) is 5.91 Å². The van der Waals surface area contributed by atoms with Crippen LogP contribution in [0.25, 0.3) is 0 Å². The van der Waals surface area contributed by atoms with Crippen molar-refractivity contribution in [3.63, 3.8) is 0 Å². The van der Waals surface area contributed by atoms with Crippen LogP contribution >= 0.6 is 0 Å². The Morgan fingerprint density at radius 2 is 1.94 bits per heavy atom. The maximum atomic E-state index is 11.8. The van der Waals surface area contributed by atoms with Crippen LogP contribution in [0.5, 0.6) is 0 Å². The predicted octanol–water partition coefficient (Wildman–Crippen LogP) is 0.164. The Balaban J connectivity index is 2.24. The fourth-order valence-electron chi connectivity index (χ4n) is 1.78. The topological polar surface area (TPSA) is 69.6 Å². The van der Waals surface area contributed by atoms with Gasteiger partial charge in [-0.1, -0.05) is 0 Å². The molecule has 0 saturated carbocycles. The van der Waals surface area contributed by atoms with Gasteiger partial charge in [0.15, 0.2) is 0 Å². The molecule has 0 spiro atoms. The molecule has 0 aromatic heterocycles. The van der Waals surface area contributed by atoms with Gasteiger partial charge in [-0.15, -0.1) is 0 Å². The molecule has 7 heteroatoms. The van der Waals surface area contributed by atoms with Crippen LogP contribution in [-0.2, 0) is 9.59 Å². The lowest BCUT2D eigenvalue weighted by molar-refractivity contribution is -0.145. The van der Waals surface area contributed by atoms with Gasteiger partial charge in [0.05, 0.1) is 19.0 Å². The first-order valence-corrected chi connectivity index (χ1v) is 5.50. The number of halogens is 2. The summed E-state index contributed by atoms with van der Waals surface area (Å²) in [6.07, 6.45) is -1.62. The molecule has 1 amide bonds. The predicted molar refractivity (Wildman–Crippen MR) is 55.8 cm³/mol. The summed E-state index contributed by atoms with van der Waals surface area (Å²) in [6, 6.07) is 0. The van der Waals surface area contributed by atoms with Crippen molar-refractivity contribution in [2.45, 2.75) is 19.3 Å². The zero-order valence-corrected chi connectivity index (χ0v) is 9.36. The number of piperidine rings is 1. The minimum atomic E-state index is -2.47. The van der Waals surface area contributed by atoms with Gasteiger partial charge in [0, 0.05) is 13.1 Å². The zero-order valence-electron chi connectivity index (χ0n) is 9.36. The second-order valence-electron chi connectivity index (χ2n) is 4.02. The highest BCUT2D eigenvalue weighted by molar-refractivity contribution is 5.78. The second kappa shape index (κ2) is 6.48. The summed E-state index contributed by atoms with van der Waals surface area (Å²) in [7, 11) is 0. The summed E-state index contributed by atoms with van der Waals surface area (Å²) in [5, 5.41) is 11.1. The summed E-state index contributed by atoms with van der Waals surface area (Å²) in [5.74, 6) is -1.49. The highest BCUT2D eigenvalue weighted by atomic mass is 19.3. The average Bonchev–Trinajstić information content (AvgIpc) is 2.28. The lowest BCUT2D eigenvalue weighted by Crippen LogP contribution is -2.44. The molecule has 1 aliphatic rings. The van der Waals surface area contributed by atoms with Gasteiger partial charge in [-0.3, -0.25) is 9.59 Å². The van der Waals surface area contributed by atoms with E-state index < -0.39 is 24.9 Å². The first-order valence-electron chi connectivity index (χ1n) is 5.50. The molecule has 1 saturated heterocycles. The Hall–Kier alpha value is -1.24. The second-order valence-corrected chi connectivity index (χ2v) is 4.02. The van der Waals surface area contributed by atoms with Crippen molar-refractivity contribution in [2.24, 2.45) is 5.92 Å². The molecule has 1 aliphatic heterocycles. The molecule has 0 aliphatic carbocycles. The lowest BCUT2D eigenvalue weighted by Gasteiger charge is -2.30. The van der Waals surface area contributed by atoms with E-state index in [1.54, 1.807) is 0 Å². The minimum absolute atomic E-state index is 0.123. The van der Waals surface area contributed by atoms with E-state index >= 15 is 0 Å². The molecule has 1 fully saturated rings. The van der Waals surface area contributed by atoms with Gasteiger partial charge >= 0.3 is 5.97 Å². The number of carboxylic acids is 1. The van der Waals surface area contributed by atoms with E-state index in [0.29, 0.717) is 25.9 Å². The first-order chi connectivity index (χ1) is 8.00. The number of alkyl halides is 2. The van der Waals surface area contributed by atoms with Crippen LogP contribution in [0.3, 0.4) is 0 Å². The van der Waals surface area contributed by atoms with Crippen LogP contribution in [0.4, 0.5) is 8.78 Å². The molecule has 5 nitrogen and oxygen atoms in total. The fraction of sp³-hybridized carbons (Fsp3) is 0.800. The average molecular weight is 250 g/mol. The molecule has 17 heavy (non-hydrogen) atoms. The Kier molecular flexibility index (Phi) is 5.27. The highest BCUT2D eigenvalue weighted by Gasteiger charge is 2.26. The van der Waals surface area contributed by atoms with Crippen molar-refractivity contribution >= 4 is 11.9 Å². The van der Waals surface area contributed by atoms with E-state index in [2.05, 4.69) is 5.32 Å². The van der Waals surface area contributed by atoms with Crippen molar-refractivity contribution in [1.82, 2.24) is 10.2 Å². The van der Waals surface area contributed by atoms with Gasteiger partial charge in [-0.2, -0.15) is 0 Å². The Morgan fingerprint density at radius 1 is 1.35 bits per heavy atom. The highest BCUT2D eigenvalue weighted by Crippen LogP contribution is 2.16. The Bertz CT molecular complexity index is 279. The first kappa shape index (κ1) is 13.8. The van der Waals surface area contributed by atoms with Crippen molar-refractivity contribution in [2.75, 3.05) is 26.2 Å². The summed E-state index contributed by atoms with van der Waals surface area (Å²) in [6.45, 7) is 0.137.